The molecule has 5 rings (SSSR count). The van der Waals surface area contributed by atoms with E-state index in [2.05, 4.69) is 10.2 Å². The van der Waals surface area contributed by atoms with Crippen molar-refractivity contribution in [3.8, 4) is 5.75 Å². The molecule has 7 nitrogen and oxygen atoms in total. The van der Waals surface area contributed by atoms with Crippen molar-refractivity contribution in [1.29, 1.82) is 0 Å². The lowest BCUT2D eigenvalue weighted by Gasteiger charge is -2.20. The van der Waals surface area contributed by atoms with Gasteiger partial charge in [0.15, 0.2) is 4.34 Å². The highest BCUT2D eigenvalue weighted by atomic mass is 32.2. The summed E-state index contributed by atoms with van der Waals surface area (Å²) in [5.41, 5.74) is 0.884. The Balaban J connectivity index is 1.50. The number of methoxy groups -OCH3 is 1. The summed E-state index contributed by atoms with van der Waals surface area (Å²) < 4.78 is 19.7. The first-order valence-electron chi connectivity index (χ1n) is 10.7. The highest BCUT2D eigenvalue weighted by Gasteiger charge is 2.48. The van der Waals surface area contributed by atoms with E-state index in [9.17, 15) is 19.1 Å². The number of carbonyl (C=O) groups is 2. The minimum absolute atomic E-state index is 0.0247. The molecule has 0 spiro atoms. The summed E-state index contributed by atoms with van der Waals surface area (Å²) in [7, 11) is 1.53. The maximum Gasteiger partial charge on any atom is 0.301 e. The van der Waals surface area contributed by atoms with Crippen LogP contribution in [0.5, 0.6) is 5.75 Å². The molecule has 1 aliphatic heterocycles. The number of rotatable bonds is 7. The van der Waals surface area contributed by atoms with Crippen LogP contribution in [0.3, 0.4) is 0 Å². The van der Waals surface area contributed by atoms with E-state index >= 15 is 0 Å². The van der Waals surface area contributed by atoms with Crippen LogP contribution in [-0.2, 0) is 15.3 Å². The lowest BCUT2D eigenvalue weighted by molar-refractivity contribution is -0.132. The molecule has 3 heterocycles. The van der Waals surface area contributed by atoms with E-state index in [0.717, 1.165) is 11.3 Å². The van der Waals surface area contributed by atoms with Gasteiger partial charge in [-0.1, -0.05) is 47.4 Å². The Labute approximate surface area is 217 Å². The summed E-state index contributed by atoms with van der Waals surface area (Å²) in [6.45, 7) is 0. The molecule has 0 bridgehead atoms. The molecule has 11 heteroatoms. The molecular weight excluding hydrogens is 521 g/mol. The molecule has 0 saturated carbocycles. The zero-order chi connectivity index (χ0) is 25.2. The van der Waals surface area contributed by atoms with Crippen molar-refractivity contribution >= 4 is 57.0 Å². The van der Waals surface area contributed by atoms with Crippen molar-refractivity contribution < 1.29 is 23.8 Å². The highest BCUT2D eigenvalue weighted by Crippen LogP contribution is 2.45. The monoisotopic (exact) mass is 539 g/mol. The Morgan fingerprint density at radius 2 is 1.89 bits per heavy atom. The van der Waals surface area contributed by atoms with E-state index in [1.54, 1.807) is 48.5 Å². The van der Waals surface area contributed by atoms with Gasteiger partial charge in [0.25, 0.3) is 5.78 Å². The lowest BCUT2D eigenvalue weighted by Crippen LogP contribution is -2.29. The SMILES string of the molecule is COc1ccc(/C(O)=C2/C(=O)C(=O)N(c3nnc(SCc4ccccc4F)s3)C2c2cccs2)cc1. The number of Topliss-reactive ketones (excluding diaryl/α,β-unsaturated/α-hetero) is 1. The zero-order valence-corrected chi connectivity index (χ0v) is 21.2. The average Bonchev–Trinajstić information content (AvgIpc) is 3.64. The van der Waals surface area contributed by atoms with Gasteiger partial charge in [0.2, 0.25) is 5.13 Å². The Kier molecular flexibility index (Phi) is 6.86. The molecular formula is C25H18FN3O4S3. The van der Waals surface area contributed by atoms with Crippen LogP contribution in [-0.4, -0.2) is 34.1 Å². The summed E-state index contributed by atoms with van der Waals surface area (Å²) in [5.74, 6) is -1.27. The number of hydrogen-bond acceptors (Lipinski definition) is 9. The summed E-state index contributed by atoms with van der Waals surface area (Å²) in [6.07, 6.45) is 0. The van der Waals surface area contributed by atoms with Crippen molar-refractivity contribution in [2.45, 2.75) is 16.1 Å². The van der Waals surface area contributed by atoms with Gasteiger partial charge in [-0.25, -0.2) is 4.39 Å². The first-order valence-corrected chi connectivity index (χ1v) is 13.3. The van der Waals surface area contributed by atoms with Crippen LogP contribution in [0.25, 0.3) is 5.76 Å². The molecule has 1 amide bonds. The number of nitrogens with zero attached hydrogens (tertiary/aromatic N) is 3. The van der Waals surface area contributed by atoms with E-state index in [4.69, 9.17) is 4.74 Å². The molecule has 2 aromatic heterocycles. The van der Waals surface area contributed by atoms with Gasteiger partial charge in [0.05, 0.1) is 12.7 Å². The zero-order valence-electron chi connectivity index (χ0n) is 18.8. The normalized spacial score (nSPS) is 17.1. The third-order valence-corrected chi connectivity index (χ3v) is 8.56. The number of thioether (sulfide) groups is 1. The van der Waals surface area contributed by atoms with Crippen LogP contribution in [0.4, 0.5) is 9.52 Å². The smallest absolute Gasteiger partial charge is 0.301 e. The Hall–Kier alpha value is -3.54. The molecule has 2 aromatic carbocycles. The van der Waals surface area contributed by atoms with Crippen LogP contribution >= 0.6 is 34.4 Å². The molecule has 1 aliphatic rings. The minimum atomic E-state index is -0.857. The number of anilines is 1. The predicted octanol–water partition coefficient (Wildman–Crippen LogP) is 5.67. The van der Waals surface area contributed by atoms with Gasteiger partial charge in [-0.15, -0.1) is 21.5 Å². The molecule has 36 heavy (non-hydrogen) atoms. The standard InChI is InChI=1S/C25H18FN3O4S3/c1-33-16-10-8-14(9-11-16)21(30)19-20(18-7-4-12-34-18)29(23(32)22(19)31)24-27-28-25(36-24)35-13-15-5-2-3-6-17(15)26/h2-12,20,30H,13H2,1H3/b21-19-. The second-order valence-electron chi connectivity index (χ2n) is 7.64. The summed E-state index contributed by atoms with van der Waals surface area (Å²) >= 11 is 3.78. The number of benzene rings is 2. The van der Waals surface area contributed by atoms with Crippen LogP contribution in [0.1, 0.15) is 22.0 Å². The van der Waals surface area contributed by atoms with E-state index in [1.165, 1.54) is 41.2 Å². The third kappa shape index (κ3) is 4.52. The fraction of sp³-hybridized carbons (Fsp3) is 0.120. The quantitative estimate of drug-likeness (QED) is 0.106. The molecule has 1 atom stereocenters. The topological polar surface area (TPSA) is 92.6 Å². The number of aromatic nitrogens is 2. The van der Waals surface area contributed by atoms with Gasteiger partial charge in [-0.05, 0) is 47.3 Å². The molecule has 1 N–H and O–H groups in total. The van der Waals surface area contributed by atoms with E-state index < -0.39 is 17.7 Å². The van der Waals surface area contributed by atoms with Crippen LogP contribution < -0.4 is 9.64 Å². The second-order valence-corrected chi connectivity index (χ2v) is 10.8. The Morgan fingerprint density at radius 1 is 1.11 bits per heavy atom. The van der Waals surface area contributed by atoms with Crippen molar-refractivity contribution in [2.24, 2.45) is 0 Å². The Bertz CT molecular complexity index is 1450. The van der Waals surface area contributed by atoms with Crippen molar-refractivity contribution in [1.82, 2.24) is 10.2 Å². The van der Waals surface area contributed by atoms with Gasteiger partial charge in [-0.2, -0.15) is 0 Å². The van der Waals surface area contributed by atoms with Gasteiger partial charge in [0.1, 0.15) is 23.4 Å². The van der Waals surface area contributed by atoms with Crippen molar-refractivity contribution in [3.05, 3.63) is 93.4 Å². The minimum Gasteiger partial charge on any atom is -0.507 e. The largest absolute Gasteiger partial charge is 0.507 e. The fourth-order valence-electron chi connectivity index (χ4n) is 3.76. The number of aliphatic hydroxyl groups excluding tert-OH is 1. The maximum atomic E-state index is 14.0. The number of aliphatic hydroxyl groups is 1. The number of ketones is 1. The number of carbonyl (C=O) groups excluding carboxylic acids is 2. The van der Waals surface area contributed by atoms with Crippen molar-refractivity contribution in [2.75, 3.05) is 12.0 Å². The number of hydrogen-bond donors (Lipinski definition) is 1. The summed E-state index contributed by atoms with van der Waals surface area (Å²) in [4.78, 5) is 28.3. The first kappa shape index (κ1) is 24.2. The number of thiophene rings is 1. The van der Waals surface area contributed by atoms with E-state index in [-0.39, 0.29) is 22.3 Å². The number of amides is 1. The number of halogens is 1. The van der Waals surface area contributed by atoms with E-state index in [0.29, 0.717) is 31.8 Å². The predicted molar refractivity (Wildman–Crippen MR) is 138 cm³/mol. The molecule has 182 valence electrons. The van der Waals surface area contributed by atoms with Crippen LogP contribution in [0.2, 0.25) is 0 Å². The summed E-state index contributed by atoms with van der Waals surface area (Å²) in [5, 5.41) is 21.5. The van der Waals surface area contributed by atoms with Crippen LogP contribution in [0, 0.1) is 5.82 Å². The molecule has 1 fully saturated rings. The first-order chi connectivity index (χ1) is 17.5. The fourth-order valence-corrected chi connectivity index (χ4v) is 6.44. The van der Waals surface area contributed by atoms with E-state index in [1.807, 2.05) is 11.4 Å². The number of ether oxygens (including phenoxy) is 1. The lowest BCUT2D eigenvalue weighted by atomic mass is 10.00. The summed E-state index contributed by atoms with van der Waals surface area (Å²) in [6, 6.07) is 15.8. The Morgan fingerprint density at radius 3 is 2.58 bits per heavy atom. The third-order valence-electron chi connectivity index (χ3n) is 5.53. The molecule has 0 aliphatic carbocycles. The molecule has 4 aromatic rings. The maximum absolute atomic E-state index is 14.0. The van der Waals surface area contributed by atoms with Gasteiger partial charge >= 0.3 is 5.91 Å². The highest BCUT2D eigenvalue weighted by molar-refractivity contribution is 8.00. The average molecular weight is 540 g/mol. The van der Waals surface area contributed by atoms with Gasteiger partial charge in [0, 0.05) is 16.2 Å². The van der Waals surface area contributed by atoms with Gasteiger partial charge in [-0.3, -0.25) is 14.5 Å². The molecule has 1 saturated heterocycles. The van der Waals surface area contributed by atoms with Crippen LogP contribution in [0.15, 0.2) is 76.0 Å². The van der Waals surface area contributed by atoms with Gasteiger partial charge < -0.3 is 9.84 Å². The second kappa shape index (κ2) is 10.2. The molecule has 0 radical (unpaired) electrons. The molecule has 1 unspecified atom stereocenters. The van der Waals surface area contributed by atoms with Crippen molar-refractivity contribution in [3.63, 3.8) is 0 Å².